The number of nitrogens with one attached hydrogen (secondary N) is 1. The lowest BCUT2D eigenvalue weighted by Gasteiger charge is -2.31. The number of hydrogen-bond acceptors (Lipinski definition) is 3. The van der Waals surface area contributed by atoms with E-state index in [4.69, 9.17) is 4.74 Å². The fraction of sp³-hybridized carbons (Fsp3) is 0.259. The van der Waals surface area contributed by atoms with E-state index in [-0.39, 0.29) is 47.1 Å². The molecule has 1 heterocycles. The molecule has 1 aliphatic rings. The molecule has 1 N–H and O–H groups in total. The van der Waals surface area contributed by atoms with Gasteiger partial charge in [0.15, 0.2) is 5.75 Å². The second-order valence-electron chi connectivity index (χ2n) is 8.86. The molecule has 0 fully saturated rings. The van der Waals surface area contributed by atoms with Gasteiger partial charge in [-0.25, -0.2) is 4.39 Å². The highest BCUT2D eigenvalue weighted by Crippen LogP contribution is 2.54. The van der Waals surface area contributed by atoms with Crippen molar-refractivity contribution in [2.75, 3.05) is 17.3 Å². The zero-order valence-corrected chi connectivity index (χ0v) is 22.4. The predicted octanol–water partition coefficient (Wildman–Crippen LogP) is 7.72. The first-order valence-corrected chi connectivity index (χ1v) is 12.5. The molecule has 0 aromatic heterocycles. The minimum Gasteiger partial charge on any atom is -0.494 e. The summed E-state index contributed by atoms with van der Waals surface area (Å²) in [6.07, 6.45) is -12.7. The maximum Gasteiger partial charge on any atom is 0.435 e. The number of methoxy groups -OCH3 is 1. The molecule has 4 rings (SSSR count). The predicted molar refractivity (Wildman–Crippen MR) is 136 cm³/mol. The average Bonchev–Trinajstić information content (AvgIpc) is 3.23. The maximum absolute atomic E-state index is 14.7. The van der Waals surface area contributed by atoms with Gasteiger partial charge in [0.2, 0.25) is 0 Å². The quantitative estimate of drug-likeness (QED) is 0.283. The molecule has 0 bridgehead atoms. The number of rotatable bonds is 6. The van der Waals surface area contributed by atoms with E-state index in [0.29, 0.717) is 17.7 Å². The summed E-state index contributed by atoms with van der Waals surface area (Å²) in [4.78, 5) is 27.7. The summed E-state index contributed by atoms with van der Waals surface area (Å²) in [5, 5.41) is 2.47. The van der Waals surface area contributed by atoms with Gasteiger partial charge in [0.1, 0.15) is 0 Å². The van der Waals surface area contributed by atoms with Crippen LogP contribution in [0.4, 0.5) is 42.1 Å². The van der Waals surface area contributed by atoms with Crippen molar-refractivity contribution in [2.45, 2.75) is 37.9 Å². The van der Waals surface area contributed by atoms with Crippen LogP contribution in [0.1, 0.15) is 44.3 Å². The molecule has 0 saturated heterocycles. The first kappa shape index (κ1) is 29.4. The molecule has 1 aliphatic heterocycles. The van der Waals surface area contributed by atoms with Crippen molar-refractivity contribution >= 4 is 39.1 Å². The number of carbonyl (C=O) groups excluding carboxylic acids is 2. The molecule has 0 saturated carbocycles. The number of para-hydroxylation sites is 1. The van der Waals surface area contributed by atoms with Crippen LogP contribution in [0.15, 0.2) is 59.1 Å². The van der Waals surface area contributed by atoms with Gasteiger partial charge in [-0.15, -0.1) is 0 Å². The standard InChI is InChI=1S/C27H20BrF7N2O3/c1-3-14-11-16(25(29,26(30,31)32)27(33,34)35)12-19(28)21(14)36-23(38)18-9-6-10-20(22(18)40-2)37-13-15-7-4-5-8-17(15)24(37)39/h4-12H,3,13H2,1-2H3,(H,36,38). The highest BCUT2D eigenvalue weighted by atomic mass is 79.9. The summed E-state index contributed by atoms with van der Waals surface area (Å²) in [5.74, 6) is -1.13. The lowest BCUT2D eigenvalue weighted by Crippen LogP contribution is -2.50. The molecule has 0 unspecified atom stereocenters. The lowest BCUT2D eigenvalue weighted by atomic mass is 9.91. The summed E-state index contributed by atoms with van der Waals surface area (Å²) in [6.45, 7) is 1.63. The van der Waals surface area contributed by atoms with Gasteiger partial charge in [-0.05, 0) is 63.8 Å². The summed E-state index contributed by atoms with van der Waals surface area (Å²) in [5.41, 5.74) is -6.19. The number of alkyl halides is 7. The van der Waals surface area contributed by atoms with Crippen LogP contribution in [0.5, 0.6) is 5.75 Å². The number of carbonyl (C=O) groups is 2. The van der Waals surface area contributed by atoms with Gasteiger partial charge in [0.25, 0.3) is 11.8 Å². The monoisotopic (exact) mass is 632 g/mol. The van der Waals surface area contributed by atoms with E-state index in [1.54, 1.807) is 30.3 Å². The average molecular weight is 633 g/mol. The molecule has 0 radical (unpaired) electrons. The van der Waals surface area contributed by atoms with Crippen LogP contribution in [-0.2, 0) is 18.6 Å². The van der Waals surface area contributed by atoms with Crippen molar-refractivity contribution in [2.24, 2.45) is 0 Å². The van der Waals surface area contributed by atoms with E-state index in [0.717, 1.165) is 5.56 Å². The zero-order valence-electron chi connectivity index (χ0n) is 20.8. The molecule has 0 atom stereocenters. The Labute approximate surface area is 232 Å². The van der Waals surface area contributed by atoms with Crippen molar-refractivity contribution in [3.63, 3.8) is 0 Å². The van der Waals surface area contributed by atoms with E-state index in [2.05, 4.69) is 21.2 Å². The number of ether oxygens (including phenoxy) is 1. The van der Waals surface area contributed by atoms with Crippen LogP contribution < -0.4 is 15.0 Å². The Hall–Kier alpha value is -3.61. The van der Waals surface area contributed by atoms with E-state index in [1.807, 2.05) is 0 Å². The van der Waals surface area contributed by atoms with Crippen molar-refractivity contribution in [1.29, 1.82) is 0 Å². The molecular formula is C27H20BrF7N2O3. The normalized spacial score (nSPS) is 13.8. The van der Waals surface area contributed by atoms with Gasteiger partial charge < -0.3 is 15.0 Å². The summed E-state index contributed by atoms with van der Waals surface area (Å²) >= 11 is 2.89. The Morgan fingerprint density at radius 2 is 1.65 bits per heavy atom. The zero-order chi connectivity index (χ0) is 29.6. The molecule has 40 heavy (non-hydrogen) atoms. The molecule has 13 heteroatoms. The van der Waals surface area contributed by atoms with Crippen molar-refractivity contribution in [3.05, 3.63) is 86.9 Å². The maximum atomic E-state index is 14.7. The molecule has 3 aromatic carbocycles. The third-order valence-electron chi connectivity index (χ3n) is 6.53. The van der Waals surface area contributed by atoms with Crippen molar-refractivity contribution < 1.29 is 45.1 Å². The Kier molecular flexibility index (Phi) is 7.65. The fourth-order valence-corrected chi connectivity index (χ4v) is 5.13. The molecule has 5 nitrogen and oxygen atoms in total. The Morgan fingerprint density at radius 1 is 1.00 bits per heavy atom. The van der Waals surface area contributed by atoms with Crippen LogP contribution >= 0.6 is 15.9 Å². The molecule has 212 valence electrons. The minimum atomic E-state index is -6.29. The van der Waals surface area contributed by atoms with Crippen LogP contribution in [0.2, 0.25) is 0 Å². The van der Waals surface area contributed by atoms with E-state index < -0.39 is 34.0 Å². The topological polar surface area (TPSA) is 58.6 Å². The largest absolute Gasteiger partial charge is 0.494 e. The number of benzene rings is 3. The highest BCUT2D eigenvalue weighted by Gasteiger charge is 2.73. The minimum absolute atomic E-state index is 0.0175. The second kappa shape index (κ2) is 10.4. The van der Waals surface area contributed by atoms with Gasteiger partial charge >= 0.3 is 18.0 Å². The van der Waals surface area contributed by atoms with Gasteiger partial charge in [-0.3, -0.25) is 9.59 Å². The van der Waals surface area contributed by atoms with Crippen LogP contribution in [-0.4, -0.2) is 31.3 Å². The van der Waals surface area contributed by atoms with Gasteiger partial charge in [0, 0.05) is 15.6 Å². The molecule has 3 aromatic rings. The van der Waals surface area contributed by atoms with E-state index in [9.17, 15) is 40.3 Å². The number of halogens is 8. The molecule has 0 spiro atoms. The molecule has 2 amide bonds. The van der Waals surface area contributed by atoms with Crippen molar-refractivity contribution in [3.8, 4) is 5.75 Å². The number of amides is 2. The SMILES string of the molecule is CCc1cc(C(F)(C(F)(F)F)C(F)(F)F)cc(Br)c1NC(=O)c1cccc(N2Cc3ccccc3C2=O)c1OC. The smallest absolute Gasteiger partial charge is 0.435 e. The number of nitrogens with zero attached hydrogens (tertiary/aromatic N) is 1. The third kappa shape index (κ3) is 4.80. The summed E-state index contributed by atoms with van der Waals surface area (Å²) in [6, 6.07) is 12.1. The van der Waals surface area contributed by atoms with Crippen LogP contribution in [0.25, 0.3) is 0 Å². The van der Waals surface area contributed by atoms with Gasteiger partial charge in [-0.2, -0.15) is 26.3 Å². The van der Waals surface area contributed by atoms with Crippen molar-refractivity contribution in [1.82, 2.24) is 0 Å². The first-order valence-electron chi connectivity index (χ1n) is 11.7. The first-order chi connectivity index (χ1) is 18.7. The number of hydrogen-bond donors (Lipinski definition) is 1. The summed E-state index contributed by atoms with van der Waals surface area (Å²) in [7, 11) is 1.28. The number of aryl methyl sites for hydroxylation is 1. The molecular weight excluding hydrogens is 613 g/mol. The van der Waals surface area contributed by atoms with Gasteiger partial charge in [0.05, 0.1) is 30.6 Å². The third-order valence-corrected chi connectivity index (χ3v) is 7.15. The Balaban J connectivity index is 1.72. The number of fused-ring (bicyclic) bond motifs is 1. The Morgan fingerprint density at radius 3 is 2.23 bits per heavy atom. The lowest BCUT2D eigenvalue weighted by molar-refractivity contribution is -0.348. The fourth-order valence-electron chi connectivity index (χ4n) is 4.53. The Bertz CT molecular complexity index is 1470. The van der Waals surface area contributed by atoms with Gasteiger partial charge in [-0.1, -0.05) is 31.2 Å². The van der Waals surface area contributed by atoms with Crippen LogP contribution in [0.3, 0.4) is 0 Å². The van der Waals surface area contributed by atoms with Crippen LogP contribution in [0, 0.1) is 0 Å². The highest BCUT2D eigenvalue weighted by molar-refractivity contribution is 9.10. The second-order valence-corrected chi connectivity index (χ2v) is 9.71. The molecule has 0 aliphatic carbocycles. The van der Waals surface area contributed by atoms with E-state index in [1.165, 1.54) is 31.1 Å². The van der Waals surface area contributed by atoms with E-state index >= 15 is 0 Å². The summed E-state index contributed by atoms with van der Waals surface area (Å²) < 4.78 is 99.7. The number of anilines is 2.